The summed E-state index contributed by atoms with van der Waals surface area (Å²) in [5, 5.41) is 33.1. The molecule has 0 N–H and O–H groups in total. The minimum Gasteiger partial charge on any atom is -0.143 e. The maximum Gasteiger partial charge on any atom is 0.0434 e. The highest BCUT2D eigenvalue weighted by Crippen LogP contribution is 2.55. The first-order chi connectivity index (χ1) is 25.3. The normalized spacial score (nSPS) is 13.6. The lowest BCUT2D eigenvalue weighted by Crippen LogP contribution is -1.97. The van der Waals surface area contributed by atoms with E-state index in [2.05, 4.69) is 131 Å². The lowest BCUT2D eigenvalue weighted by atomic mass is 9.81. The molecule has 0 fully saturated rings. The lowest BCUT2D eigenvalue weighted by molar-refractivity contribution is 0.990. The fraction of sp³-hybridized carbons (Fsp3) is 0.0417. The van der Waals surface area contributed by atoms with Gasteiger partial charge < -0.3 is 0 Å². The van der Waals surface area contributed by atoms with E-state index in [0.29, 0.717) is 0 Å². The summed E-state index contributed by atoms with van der Waals surface area (Å²) in [6.07, 6.45) is 7.00. The van der Waals surface area contributed by atoms with E-state index in [9.17, 15) is 0 Å². The minimum atomic E-state index is 1.10. The number of aryl methyl sites for hydroxylation is 1. The van der Waals surface area contributed by atoms with Gasteiger partial charge in [-0.3, -0.25) is 0 Å². The van der Waals surface area contributed by atoms with Gasteiger partial charge in [-0.05, 0) is 112 Å². The highest BCUT2D eigenvalue weighted by Gasteiger charge is 2.26. The van der Waals surface area contributed by atoms with E-state index in [0.717, 1.165) is 12.8 Å². The van der Waals surface area contributed by atoms with E-state index < -0.39 is 0 Å². The Kier molecular flexibility index (Phi) is 5.22. The lowest BCUT2D eigenvalue weighted by Gasteiger charge is -2.22. The summed E-state index contributed by atoms with van der Waals surface area (Å²) in [5.41, 5.74) is 2.89. The van der Waals surface area contributed by atoms with E-state index in [1.807, 2.05) is 34.0 Å². The first-order valence-electron chi connectivity index (χ1n) is 17.7. The molecule has 0 nitrogen and oxygen atoms in total. The van der Waals surface area contributed by atoms with E-state index >= 15 is 0 Å². The molecule has 12 aromatic rings. The second-order valence-electron chi connectivity index (χ2n) is 14.2. The van der Waals surface area contributed by atoms with E-state index in [-0.39, 0.29) is 0 Å². The molecule has 3 heteroatoms. The van der Waals surface area contributed by atoms with Gasteiger partial charge >= 0.3 is 0 Å². The molecule has 0 amide bonds. The van der Waals surface area contributed by atoms with Crippen molar-refractivity contribution in [3.05, 3.63) is 136 Å². The number of hydrogen-bond donors (Lipinski definition) is 0. The van der Waals surface area contributed by atoms with Crippen LogP contribution in [0.1, 0.15) is 17.5 Å². The van der Waals surface area contributed by atoms with Crippen LogP contribution in [0.25, 0.3) is 123 Å². The van der Waals surface area contributed by atoms with Gasteiger partial charge in [0, 0.05) is 62.6 Å². The number of hydrogen-bond acceptors (Lipinski definition) is 3. The van der Waals surface area contributed by atoms with Gasteiger partial charge in [-0.25, -0.2) is 0 Å². The minimum absolute atomic E-state index is 1.10. The molecule has 3 heterocycles. The summed E-state index contributed by atoms with van der Waals surface area (Å²) in [6, 6.07) is 39.7. The molecule has 0 atom stereocenters. The van der Waals surface area contributed by atoms with Crippen LogP contribution in [-0.2, 0) is 6.42 Å². The van der Waals surface area contributed by atoms with Crippen molar-refractivity contribution < 1.29 is 0 Å². The van der Waals surface area contributed by atoms with Crippen molar-refractivity contribution in [1.29, 1.82) is 0 Å². The van der Waals surface area contributed by atoms with Crippen LogP contribution >= 0.6 is 34.0 Å². The number of fused-ring (bicyclic) bond motifs is 27. The van der Waals surface area contributed by atoms with E-state index in [4.69, 9.17) is 0 Å². The quantitative estimate of drug-likeness (QED) is 0.138. The van der Waals surface area contributed by atoms with Crippen LogP contribution in [0.15, 0.2) is 125 Å². The van der Waals surface area contributed by atoms with Gasteiger partial charge in [0.1, 0.15) is 0 Å². The average Bonchev–Trinajstić information content (AvgIpc) is 3.98. The number of thiophene rings is 3. The zero-order valence-electron chi connectivity index (χ0n) is 27.3. The largest absolute Gasteiger partial charge is 0.143 e. The van der Waals surface area contributed by atoms with Crippen LogP contribution in [0.2, 0.25) is 0 Å². The summed E-state index contributed by atoms with van der Waals surface area (Å²) >= 11 is 5.70. The van der Waals surface area contributed by atoms with Crippen molar-refractivity contribution in [2.24, 2.45) is 0 Å². The highest BCUT2D eigenvalue weighted by atomic mass is 32.1. The molecule has 0 unspecified atom stereocenters. The monoisotopic (exact) mass is 698 g/mol. The third-order valence-electron chi connectivity index (χ3n) is 11.9. The fourth-order valence-corrected chi connectivity index (χ4v) is 12.8. The van der Waals surface area contributed by atoms with Crippen LogP contribution in [-0.4, -0.2) is 0 Å². The van der Waals surface area contributed by atoms with Crippen molar-refractivity contribution in [1.82, 2.24) is 0 Å². The first-order valence-corrected chi connectivity index (χ1v) is 20.3. The van der Waals surface area contributed by atoms with Crippen molar-refractivity contribution in [2.75, 3.05) is 0 Å². The molecule has 9 aromatic carbocycles. The van der Waals surface area contributed by atoms with Gasteiger partial charge in [0.2, 0.25) is 0 Å². The van der Waals surface area contributed by atoms with Crippen molar-refractivity contribution in [3.63, 3.8) is 0 Å². The number of benzene rings is 9. The molecule has 13 rings (SSSR count). The molecule has 3 aromatic heterocycles. The van der Waals surface area contributed by atoms with Gasteiger partial charge in [-0.2, -0.15) is 0 Å². The van der Waals surface area contributed by atoms with Crippen LogP contribution in [0.3, 0.4) is 0 Å². The van der Waals surface area contributed by atoms with Crippen molar-refractivity contribution >= 4 is 157 Å². The van der Waals surface area contributed by atoms with Gasteiger partial charge in [-0.15, -0.1) is 34.0 Å². The SMILES string of the molecule is C1=Cc2c(ccc3c2c2sccc2c2c3c3c4ccsc4c4c5ccccc5ccc4c3c3c4ccsc4c4c5ccccc5ccc4c23)CC1. The molecule has 0 saturated carbocycles. The summed E-state index contributed by atoms with van der Waals surface area (Å²) < 4.78 is 4.19. The summed E-state index contributed by atoms with van der Waals surface area (Å²) in [5.74, 6) is 0. The molecule has 0 bridgehead atoms. The summed E-state index contributed by atoms with van der Waals surface area (Å²) in [4.78, 5) is 0. The Morgan fingerprint density at radius 2 is 0.804 bits per heavy atom. The van der Waals surface area contributed by atoms with Gasteiger partial charge in [0.15, 0.2) is 0 Å². The Bertz CT molecular complexity index is 3480. The predicted octanol–water partition coefficient (Wildman–Crippen LogP) is 15.5. The fourth-order valence-electron chi connectivity index (χ4n) is 9.88. The molecule has 1 aliphatic rings. The summed E-state index contributed by atoms with van der Waals surface area (Å²) in [6.45, 7) is 0. The maximum atomic E-state index is 2.48. The Morgan fingerprint density at radius 3 is 1.35 bits per heavy atom. The topological polar surface area (TPSA) is 0 Å². The Balaban J connectivity index is 1.48. The molecule has 236 valence electrons. The predicted molar refractivity (Wildman–Crippen MR) is 230 cm³/mol. The Morgan fingerprint density at radius 1 is 0.353 bits per heavy atom. The molecule has 51 heavy (non-hydrogen) atoms. The Labute approximate surface area is 304 Å². The van der Waals surface area contributed by atoms with Gasteiger partial charge in [0.25, 0.3) is 0 Å². The summed E-state index contributed by atoms with van der Waals surface area (Å²) in [7, 11) is 0. The van der Waals surface area contributed by atoms with Crippen molar-refractivity contribution in [3.8, 4) is 0 Å². The smallest absolute Gasteiger partial charge is 0.0434 e. The third kappa shape index (κ3) is 3.32. The number of rotatable bonds is 0. The maximum absolute atomic E-state index is 2.48. The zero-order chi connectivity index (χ0) is 32.9. The Hall–Kier alpha value is -5.32. The van der Waals surface area contributed by atoms with Gasteiger partial charge in [0.05, 0.1) is 0 Å². The standard InChI is InChI=1S/C48H26S3/c1-4-10-28-25(7-1)13-16-31-37(28)46-34(19-22-49-46)43-40(31)44-35-20-23-50-47(35)39-30-12-6-3-9-27(30)15-18-33(39)42(44)45-36-21-24-51-48(36)38-29-11-5-2-8-26(29)14-17-32(38)41(43)45/h1-2,4-8,10-24H,3,9H2. The van der Waals surface area contributed by atoms with E-state index in [1.165, 1.54) is 128 Å². The molecular formula is C48H26S3. The molecule has 0 aliphatic heterocycles. The zero-order valence-corrected chi connectivity index (χ0v) is 29.8. The van der Waals surface area contributed by atoms with Crippen LogP contribution < -0.4 is 0 Å². The molecule has 1 aliphatic carbocycles. The second kappa shape index (κ2) is 9.71. The van der Waals surface area contributed by atoms with Crippen LogP contribution in [0.4, 0.5) is 0 Å². The van der Waals surface area contributed by atoms with Crippen LogP contribution in [0.5, 0.6) is 0 Å². The van der Waals surface area contributed by atoms with Crippen LogP contribution in [0, 0.1) is 0 Å². The average molecular weight is 699 g/mol. The third-order valence-corrected chi connectivity index (χ3v) is 14.6. The molecule has 0 radical (unpaired) electrons. The van der Waals surface area contributed by atoms with Gasteiger partial charge in [-0.1, -0.05) is 97.1 Å². The molecule has 0 saturated heterocycles. The van der Waals surface area contributed by atoms with E-state index in [1.54, 1.807) is 0 Å². The van der Waals surface area contributed by atoms with Crippen molar-refractivity contribution in [2.45, 2.75) is 12.8 Å². The number of allylic oxidation sites excluding steroid dienone is 1. The second-order valence-corrected chi connectivity index (χ2v) is 16.9. The first kappa shape index (κ1) is 27.4. The molecule has 0 spiro atoms. The highest BCUT2D eigenvalue weighted by molar-refractivity contribution is 7.19. The molecular weight excluding hydrogens is 673 g/mol.